The third-order valence-electron chi connectivity index (χ3n) is 7.82. The van der Waals surface area contributed by atoms with E-state index in [9.17, 15) is 10.2 Å². The van der Waals surface area contributed by atoms with Crippen LogP contribution in [0.2, 0.25) is 0 Å². The molecular weight excluding hydrogens is 324 g/mol. The lowest BCUT2D eigenvalue weighted by atomic mass is 9.49. The number of aliphatic hydroxyl groups excluding tert-OH is 1. The summed E-state index contributed by atoms with van der Waals surface area (Å²) in [5, 5.41) is 22.1. The van der Waals surface area contributed by atoms with Gasteiger partial charge in [0.2, 0.25) is 0 Å². The van der Waals surface area contributed by atoms with Crippen LogP contribution < -0.4 is 0 Å². The first-order valence-corrected chi connectivity index (χ1v) is 10.1. The fourth-order valence-corrected chi connectivity index (χ4v) is 7.21. The number of aliphatic hydroxyl groups is 2. The van der Waals surface area contributed by atoms with E-state index in [2.05, 4.69) is 33.8 Å². The first kappa shape index (κ1) is 15.4. The van der Waals surface area contributed by atoms with E-state index in [1.54, 1.807) is 0 Å². The van der Waals surface area contributed by atoms with E-state index in [4.69, 9.17) is 0 Å². The van der Waals surface area contributed by atoms with Crippen molar-refractivity contribution in [2.24, 2.45) is 23.7 Å². The lowest BCUT2D eigenvalue weighted by Crippen LogP contribution is -2.57. The topological polar surface area (TPSA) is 58.3 Å². The number of nitrogens with zero attached hydrogens (tertiary/aromatic N) is 2. The maximum atomic E-state index is 11.3. The van der Waals surface area contributed by atoms with E-state index in [0.717, 1.165) is 31.4 Å². The predicted molar refractivity (Wildman–Crippen MR) is 98.4 cm³/mol. The number of benzene rings is 1. The third kappa shape index (κ3) is 2.06. The average molecular weight is 350 g/mol. The molecule has 2 unspecified atom stereocenters. The molecule has 4 aliphatic carbocycles. The van der Waals surface area contributed by atoms with Gasteiger partial charge in [-0.25, -0.2) is 4.98 Å². The van der Waals surface area contributed by atoms with Crippen LogP contribution >= 0.6 is 0 Å². The lowest BCUT2D eigenvalue weighted by Gasteiger charge is -2.59. The number of aromatic nitrogens is 2. The molecule has 2 heterocycles. The van der Waals surface area contributed by atoms with Crippen molar-refractivity contribution in [2.75, 3.05) is 0 Å². The Morgan fingerprint density at radius 3 is 2.69 bits per heavy atom. The van der Waals surface area contributed by atoms with Crippen LogP contribution in [-0.2, 0) is 0 Å². The monoisotopic (exact) mass is 350 g/mol. The van der Waals surface area contributed by atoms with E-state index in [1.807, 2.05) is 12.5 Å². The van der Waals surface area contributed by atoms with Gasteiger partial charge in [-0.15, -0.1) is 0 Å². The molecule has 0 saturated heterocycles. The second kappa shape index (κ2) is 5.20. The molecule has 4 atom stereocenters. The lowest BCUT2D eigenvalue weighted by molar-refractivity contribution is -0.174. The van der Waals surface area contributed by atoms with Crippen LogP contribution in [0.5, 0.6) is 0 Å². The van der Waals surface area contributed by atoms with Crippen LogP contribution in [0, 0.1) is 23.7 Å². The molecule has 0 amide bonds. The van der Waals surface area contributed by atoms with Crippen LogP contribution in [0.15, 0.2) is 36.8 Å². The summed E-state index contributed by atoms with van der Waals surface area (Å²) in [4.78, 5) is 4.34. The summed E-state index contributed by atoms with van der Waals surface area (Å²) in [5.41, 5.74) is 3.30. The Balaban J connectivity index is 1.30. The smallest absolute Gasteiger partial charge is 0.0956 e. The van der Waals surface area contributed by atoms with E-state index < -0.39 is 5.60 Å². The standard InChI is InChI=1S/C22H26N2O2/c25-20(21-14-5-13-6-15(21)10-22(26,8-13)9-14)7-18-16-3-1-2-4-17(16)19-11-23-12-24(18)19/h1-4,11-15,18,20-21,25-26H,5-10H2/t13?,14?,15?,18-,20+,21?,22?/m1/s1. The molecule has 2 aromatic rings. The Labute approximate surface area is 153 Å². The molecule has 1 aliphatic heterocycles. The van der Waals surface area contributed by atoms with Crippen molar-refractivity contribution in [3.8, 4) is 11.3 Å². The molecule has 7 rings (SSSR count). The normalized spacial score (nSPS) is 40.5. The maximum absolute atomic E-state index is 11.3. The Hall–Kier alpha value is -1.65. The molecule has 1 aromatic carbocycles. The van der Waals surface area contributed by atoms with Gasteiger partial charge >= 0.3 is 0 Å². The van der Waals surface area contributed by atoms with Gasteiger partial charge in [0.25, 0.3) is 0 Å². The average Bonchev–Trinajstić information content (AvgIpc) is 3.16. The Kier molecular flexibility index (Phi) is 3.08. The first-order chi connectivity index (χ1) is 12.6. The van der Waals surface area contributed by atoms with E-state index in [-0.39, 0.29) is 12.1 Å². The molecule has 0 spiro atoms. The molecule has 136 valence electrons. The van der Waals surface area contributed by atoms with Gasteiger partial charge in [-0.1, -0.05) is 24.3 Å². The summed E-state index contributed by atoms with van der Waals surface area (Å²) in [7, 11) is 0. The molecule has 4 fully saturated rings. The van der Waals surface area contributed by atoms with Crippen molar-refractivity contribution in [2.45, 2.75) is 56.3 Å². The van der Waals surface area contributed by atoms with Crippen molar-refractivity contribution in [1.29, 1.82) is 0 Å². The summed E-state index contributed by atoms with van der Waals surface area (Å²) in [6, 6.07) is 8.70. The molecule has 0 radical (unpaired) electrons. The fraction of sp³-hybridized carbons (Fsp3) is 0.591. The molecule has 1 aromatic heterocycles. The highest BCUT2D eigenvalue weighted by Crippen LogP contribution is 2.59. The zero-order chi connectivity index (χ0) is 17.5. The summed E-state index contributed by atoms with van der Waals surface area (Å²) in [5.74, 6) is 2.04. The number of rotatable bonds is 3. The molecule has 2 N–H and O–H groups in total. The number of fused-ring (bicyclic) bond motifs is 3. The highest BCUT2D eigenvalue weighted by atomic mass is 16.3. The van der Waals surface area contributed by atoms with Crippen LogP contribution in [-0.4, -0.2) is 31.5 Å². The van der Waals surface area contributed by atoms with Gasteiger partial charge in [0.05, 0.1) is 36.0 Å². The van der Waals surface area contributed by atoms with Gasteiger partial charge in [0.15, 0.2) is 0 Å². The maximum Gasteiger partial charge on any atom is 0.0956 e. The molecule has 5 aliphatic rings. The summed E-state index contributed by atoms with van der Waals surface area (Å²) in [6.07, 6.45) is 9.50. The largest absolute Gasteiger partial charge is 0.393 e. The molecular formula is C22H26N2O2. The Bertz CT molecular complexity index is 843. The zero-order valence-electron chi connectivity index (χ0n) is 15.0. The van der Waals surface area contributed by atoms with Gasteiger partial charge < -0.3 is 14.8 Å². The number of imidazole rings is 1. The van der Waals surface area contributed by atoms with Crippen LogP contribution in [0.4, 0.5) is 0 Å². The summed E-state index contributed by atoms with van der Waals surface area (Å²) >= 11 is 0. The van der Waals surface area contributed by atoms with Gasteiger partial charge in [0.1, 0.15) is 0 Å². The highest BCUT2D eigenvalue weighted by molar-refractivity contribution is 5.68. The minimum absolute atomic E-state index is 0.180. The number of hydrogen-bond acceptors (Lipinski definition) is 3. The van der Waals surface area contributed by atoms with Crippen LogP contribution in [0.25, 0.3) is 11.3 Å². The van der Waals surface area contributed by atoms with Crippen LogP contribution in [0.1, 0.15) is 50.1 Å². The summed E-state index contributed by atoms with van der Waals surface area (Å²) in [6.45, 7) is 0. The van der Waals surface area contributed by atoms with Crippen molar-refractivity contribution < 1.29 is 10.2 Å². The molecule has 26 heavy (non-hydrogen) atoms. The Morgan fingerprint density at radius 1 is 1.15 bits per heavy atom. The molecule has 4 heteroatoms. The van der Waals surface area contributed by atoms with Crippen molar-refractivity contribution in [3.05, 3.63) is 42.4 Å². The molecule has 4 bridgehead atoms. The van der Waals surface area contributed by atoms with Gasteiger partial charge in [-0.2, -0.15) is 0 Å². The minimum atomic E-state index is -0.426. The van der Waals surface area contributed by atoms with Crippen molar-refractivity contribution in [1.82, 2.24) is 9.55 Å². The van der Waals surface area contributed by atoms with Crippen molar-refractivity contribution in [3.63, 3.8) is 0 Å². The van der Waals surface area contributed by atoms with Crippen LogP contribution in [0.3, 0.4) is 0 Å². The van der Waals surface area contributed by atoms with E-state index in [1.165, 1.54) is 24.0 Å². The van der Waals surface area contributed by atoms with Crippen molar-refractivity contribution >= 4 is 0 Å². The first-order valence-electron chi connectivity index (χ1n) is 10.1. The number of hydrogen-bond donors (Lipinski definition) is 2. The quantitative estimate of drug-likeness (QED) is 0.892. The third-order valence-corrected chi connectivity index (χ3v) is 7.82. The highest BCUT2D eigenvalue weighted by Gasteiger charge is 2.56. The van der Waals surface area contributed by atoms with E-state index in [0.29, 0.717) is 23.7 Å². The van der Waals surface area contributed by atoms with E-state index >= 15 is 0 Å². The Morgan fingerprint density at radius 2 is 1.92 bits per heavy atom. The minimum Gasteiger partial charge on any atom is -0.393 e. The second-order valence-corrected chi connectivity index (χ2v) is 9.36. The van der Waals surface area contributed by atoms with Gasteiger partial charge in [0, 0.05) is 5.56 Å². The molecule has 4 saturated carbocycles. The van der Waals surface area contributed by atoms with Gasteiger partial charge in [-0.3, -0.25) is 0 Å². The summed E-state index contributed by atoms with van der Waals surface area (Å²) < 4.78 is 2.23. The molecule has 4 nitrogen and oxygen atoms in total. The zero-order valence-corrected chi connectivity index (χ0v) is 15.0. The predicted octanol–water partition coefficient (Wildman–Crippen LogP) is 3.39. The fourth-order valence-electron chi connectivity index (χ4n) is 7.21. The van der Waals surface area contributed by atoms with Gasteiger partial charge in [-0.05, 0) is 67.8 Å². The SMILES string of the molecule is O[C@@H](C[C@@H]1c2ccccc2-c2cncn21)C1C2CC3CC1CC(O)(C3)C2. The second-order valence-electron chi connectivity index (χ2n) is 9.36.